The summed E-state index contributed by atoms with van der Waals surface area (Å²) in [6.07, 6.45) is 2.60. The van der Waals surface area contributed by atoms with E-state index in [4.69, 9.17) is 10.1 Å². The van der Waals surface area contributed by atoms with Crippen molar-refractivity contribution < 1.29 is 5.11 Å². The van der Waals surface area contributed by atoms with Crippen molar-refractivity contribution in [2.24, 2.45) is 4.99 Å². The maximum Gasteiger partial charge on any atom is 0.0976 e. The largest absolute Gasteiger partial charge is 0.395 e. The molecule has 0 spiro atoms. The standard InChI is InChI=1S/C23H27N3OS/c1-16-5-7-19(8-6-16)22-14-28-23(25-22)13-20-11-18(3)21(12-17(20)2)24-15-26(4)9-10-27/h5-8,11-12,14-15,27H,9-10,13H2,1-4H3/b24-15-. The molecule has 0 saturated heterocycles. The first-order valence-corrected chi connectivity index (χ1v) is 10.3. The average molecular weight is 394 g/mol. The van der Waals surface area contributed by atoms with Crippen molar-refractivity contribution in [2.75, 3.05) is 20.2 Å². The number of hydrogen-bond acceptors (Lipinski definition) is 4. The van der Waals surface area contributed by atoms with E-state index in [9.17, 15) is 0 Å². The molecular weight excluding hydrogens is 366 g/mol. The molecule has 1 heterocycles. The lowest BCUT2D eigenvalue weighted by molar-refractivity contribution is 0.266. The van der Waals surface area contributed by atoms with Crippen LogP contribution in [0.15, 0.2) is 46.8 Å². The van der Waals surface area contributed by atoms with E-state index in [1.54, 1.807) is 17.7 Å². The molecule has 0 amide bonds. The Kier molecular flexibility index (Phi) is 6.60. The summed E-state index contributed by atoms with van der Waals surface area (Å²) in [5.41, 5.74) is 8.07. The first-order chi connectivity index (χ1) is 13.5. The van der Waals surface area contributed by atoms with Gasteiger partial charge in [-0.05, 0) is 43.5 Å². The van der Waals surface area contributed by atoms with Gasteiger partial charge in [0.1, 0.15) is 0 Å². The van der Waals surface area contributed by atoms with Gasteiger partial charge in [0.05, 0.1) is 29.3 Å². The topological polar surface area (TPSA) is 48.7 Å². The second kappa shape index (κ2) is 9.13. The van der Waals surface area contributed by atoms with Gasteiger partial charge in [0.2, 0.25) is 0 Å². The van der Waals surface area contributed by atoms with Crippen LogP contribution in [0.1, 0.15) is 27.3 Å². The lowest BCUT2D eigenvalue weighted by Gasteiger charge is -2.12. The Balaban J connectivity index is 1.76. The van der Waals surface area contributed by atoms with Crippen molar-refractivity contribution in [3.63, 3.8) is 0 Å². The molecule has 0 aliphatic heterocycles. The van der Waals surface area contributed by atoms with Crippen LogP contribution in [0, 0.1) is 20.8 Å². The molecule has 0 aliphatic rings. The van der Waals surface area contributed by atoms with Crippen LogP contribution < -0.4 is 0 Å². The number of rotatable bonds is 7. The molecule has 28 heavy (non-hydrogen) atoms. The van der Waals surface area contributed by atoms with Crippen molar-refractivity contribution in [3.8, 4) is 11.3 Å². The van der Waals surface area contributed by atoms with Gasteiger partial charge in [-0.1, -0.05) is 35.9 Å². The van der Waals surface area contributed by atoms with Gasteiger partial charge < -0.3 is 10.0 Å². The highest BCUT2D eigenvalue weighted by atomic mass is 32.1. The summed E-state index contributed by atoms with van der Waals surface area (Å²) in [6.45, 7) is 7.01. The van der Waals surface area contributed by atoms with Crippen molar-refractivity contribution in [1.82, 2.24) is 9.88 Å². The molecule has 0 aliphatic carbocycles. The van der Waals surface area contributed by atoms with Crippen molar-refractivity contribution >= 4 is 23.4 Å². The van der Waals surface area contributed by atoms with Crippen LogP contribution in [0.5, 0.6) is 0 Å². The van der Waals surface area contributed by atoms with Gasteiger partial charge in [-0.15, -0.1) is 11.3 Å². The minimum Gasteiger partial charge on any atom is -0.395 e. The van der Waals surface area contributed by atoms with Gasteiger partial charge in [-0.3, -0.25) is 0 Å². The highest BCUT2D eigenvalue weighted by molar-refractivity contribution is 7.10. The Hall–Kier alpha value is -2.50. The van der Waals surface area contributed by atoms with Crippen LogP contribution in [0.2, 0.25) is 0 Å². The van der Waals surface area contributed by atoms with E-state index >= 15 is 0 Å². The molecule has 5 heteroatoms. The number of nitrogens with zero attached hydrogens (tertiary/aromatic N) is 3. The average Bonchev–Trinajstić information content (AvgIpc) is 3.12. The van der Waals surface area contributed by atoms with Gasteiger partial charge >= 0.3 is 0 Å². The normalized spacial score (nSPS) is 11.3. The van der Waals surface area contributed by atoms with E-state index in [2.05, 4.69) is 67.5 Å². The zero-order valence-corrected chi connectivity index (χ0v) is 17.8. The number of benzene rings is 2. The van der Waals surface area contributed by atoms with Gasteiger partial charge in [0.15, 0.2) is 0 Å². The lowest BCUT2D eigenvalue weighted by atomic mass is 10.0. The fourth-order valence-corrected chi connectivity index (χ4v) is 3.80. The number of hydrogen-bond donors (Lipinski definition) is 1. The third-order valence-electron chi connectivity index (χ3n) is 4.74. The fourth-order valence-electron chi connectivity index (χ4n) is 2.98. The van der Waals surface area contributed by atoms with Crippen LogP contribution in [0.25, 0.3) is 11.3 Å². The Labute approximate surface area is 171 Å². The fraction of sp³-hybridized carbons (Fsp3) is 0.304. The lowest BCUT2D eigenvalue weighted by Crippen LogP contribution is -2.19. The number of thiazole rings is 1. The molecule has 3 rings (SSSR count). The van der Waals surface area contributed by atoms with E-state index in [0.717, 1.165) is 33.9 Å². The highest BCUT2D eigenvalue weighted by Gasteiger charge is 2.09. The molecule has 0 saturated carbocycles. The molecule has 146 valence electrons. The maximum atomic E-state index is 8.99. The maximum absolute atomic E-state index is 8.99. The zero-order chi connectivity index (χ0) is 20.1. The van der Waals surface area contributed by atoms with Crippen molar-refractivity contribution in [1.29, 1.82) is 0 Å². The van der Waals surface area contributed by atoms with Crippen LogP contribution in [-0.4, -0.2) is 41.5 Å². The SMILES string of the molecule is Cc1ccc(-c2csc(Cc3cc(C)c(/N=C\N(C)CCO)cc3C)n2)cc1. The van der Waals surface area contributed by atoms with E-state index in [1.807, 2.05) is 11.9 Å². The summed E-state index contributed by atoms with van der Waals surface area (Å²) in [4.78, 5) is 11.3. The molecule has 4 nitrogen and oxygen atoms in total. The van der Waals surface area contributed by atoms with E-state index in [-0.39, 0.29) is 6.61 Å². The van der Waals surface area contributed by atoms with Crippen molar-refractivity contribution in [3.05, 3.63) is 69.0 Å². The Bertz CT molecular complexity index is 960. The van der Waals surface area contributed by atoms with E-state index in [0.29, 0.717) is 6.54 Å². The first-order valence-electron chi connectivity index (χ1n) is 9.43. The third kappa shape index (κ3) is 5.06. The molecule has 1 N–H and O–H groups in total. The number of aliphatic hydroxyl groups excluding tert-OH is 1. The second-order valence-electron chi connectivity index (χ2n) is 7.18. The summed E-state index contributed by atoms with van der Waals surface area (Å²) in [5, 5.41) is 12.2. The highest BCUT2D eigenvalue weighted by Crippen LogP contribution is 2.28. The number of likely N-dealkylation sites (N-methyl/N-ethyl adjacent to an activating group) is 1. The molecule has 0 unspecified atom stereocenters. The summed E-state index contributed by atoms with van der Waals surface area (Å²) >= 11 is 1.71. The monoisotopic (exact) mass is 393 g/mol. The summed E-state index contributed by atoms with van der Waals surface area (Å²) in [6, 6.07) is 12.8. The predicted molar refractivity (Wildman–Crippen MR) is 119 cm³/mol. The molecule has 2 aromatic carbocycles. The summed E-state index contributed by atoms with van der Waals surface area (Å²) < 4.78 is 0. The third-order valence-corrected chi connectivity index (χ3v) is 5.59. The number of aryl methyl sites for hydroxylation is 3. The van der Waals surface area contributed by atoms with Crippen LogP contribution in [0.4, 0.5) is 5.69 Å². The molecule has 0 atom stereocenters. The first kappa shape index (κ1) is 20.2. The van der Waals surface area contributed by atoms with Gasteiger partial charge in [-0.25, -0.2) is 9.98 Å². The van der Waals surface area contributed by atoms with E-state index < -0.39 is 0 Å². The van der Waals surface area contributed by atoms with Crippen LogP contribution in [-0.2, 0) is 6.42 Å². The van der Waals surface area contributed by atoms with Gasteiger partial charge in [-0.2, -0.15) is 0 Å². The van der Waals surface area contributed by atoms with Crippen LogP contribution >= 0.6 is 11.3 Å². The Morgan fingerprint density at radius 1 is 1.11 bits per heavy atom. The van der Waals surface area contributed by atoms with Gasteiger partial charge in [0.25, 0.3) is 0 Å². The molecule has 0 fully saturated rings. The van der Waals surface area contributed by atoms with Gasteiger partial charge in [0, 0.05) is 31.0 Å². The number of aliphatic imine (C=N–C) groups is 1. The quantitative estimate of drug-likeness (QED) is 0.458. The minimum absolute atomic E-state index is 0.123. The van der Waals surface area contributed by atoms with Crippen LogP contribution in [0.3, 0.4) is 0 Å². The van der Waals surface area contributed by atoms with E-state index in [1.165, 1.54) is 16.7 Å². The predicted octanol–water partition coefficient (Wildman–Crippen LogP) is 4.91. The molecule has 0 radical (unpaired) electrons. The molecule has 0 bridgehead atoms. The molecule has 3 aromatic rings. The minimum atomic E-state index is 0.123. The Morgan fingerprint density at radius 2 is 1.86 bits per heavy atom. The summed E-state index contributed by atoms with van der Waals surface area (Å²) in [5.74, 6) is 0. The Morgan fingerprint density at radius 3 is 2.57 bits per heavy atom. The smallest absolute Gasteiger partial charge is 0.0976 e. The zero-order valence-electron chi connectivity index (χ0n) is 16.9. The number of aliphatic hydroxyl groups is 1. The van der Waals surface area contributed by atoms with Crippen molar-refractivity contribution in [2.45, 2.75) is 27.2 Å². The number of aromatic nitrogens is 1. The summed E-state index contributed by atoms with van der Waals surface area (Å²) in [7, 11) is 1.91. The second-order valence-corrected chi connectivity index (χ2v) is 8.13. The molecule has 1 aromatic heterocycles. The molecular formula is C23H27N3OS.